The Bertz CT molecular complexity index is 975. The Morgan fingerprint density at radius 2 is 1.93 bits per heavy atom. The number of rotatable bonds is 5. The van der Waals surface area contributed by atoms with E-state index >= 15 is 0 Å². The normalized spacial score (nSPS) is 26.9. The van der Waals surface area contributed by atoms with Crippen molar-refractivity contribution in [1.29, 1.82) is 0 Å². The smallest absolute Gasteiger partial charge is 0.287 e. The molecule has 7 nitrogen and oxygen atoms in total. The highest BCUT2D eigenvalue weighted by atomic mass is 32.2. The summed E-state index contributed by atoms with van der Waals surface area (Å²) in [5.41, 5.74) is 0.603. The van der Waals surface area contributed by atoms with Crippen LogP contribution in [0, 0.1) is 5.92 Å². The first kappa shape index (κ1) is 19.2. The first-order valence-corrected chi connectivity index (χ1v) is 11.1. The molecule has 150 valence electrons. The quantitative estimate of drug-likeness (QED) is 0.797. The van der Waals surface area contributed by atoms with Crippen molar-refractivity contribution < 1.29 is 17.6 Å². The minimum absolute atomic E-state index is 0.132. The first-order chi connectivity index (χ1) is 13.4. The number of carbonyl (C=O) groups is 1. The van der Waals surface area contributed by atoms with Crippen molar-refractivity contribution in [2.24, 2.45) is 5.92 Å². The molecule has 5 rings (SSSR count). The van der Waals surface area contributed by atoms with Crippen molar-refractivity contribution >= 4 is 15.9 Å². The van der Waals surface area contributed by atoms with Gasteiger partial charge >= 0.3 is 0 Å². The van der Waals surface area contributed by atoms with Crippen LogP contribution in [0.25, 0.3) is 11.3 Å². The molecular weight excluding hydrogens is 378 g/mol. The number of amides is 1. The van der Waals surface area contributed by atoms with Crippen molar-refractivity contribution in [3.8, 4) is 11.3 Å². The summed E-state index contributed by atoms with van der Waals surface area (Å²) < 4.78 is 32.1. The second-order valence-electron chi connectivity index (χ2n) is 7.51. The summed E-state index contributed by atoms with van der Waals surface area (Å²) in [7, 11) is -2.18. The molecule has 2 N–H and O–H groups in total. The number of sulfonamides is 1. The second kappa shape index (κ2) is 7.35. The molecule has 3 aliphatic rings. The third-order valence-corrected chi connectivity index (χ3v) is 7.41. The minimum atomic E-state index is -3.54. The first-order valence-electron chi connectivity index (χ1n) is 9.58. The summed E-state index contributed by atoms with van der Waals surface area (Å²) in [6.45, 7) is 4.38. The molecule has 0 radical (unpaired) electrons. The van der Waals surface area contributed by atoms with Gasteiger partial charge in [-0.05, 0) is 70.1 Å². The van der Waals surface area contributed by atoms with Crippen LogP contribution in [-0.4, -0.2) is 51.4 Å². The van der Waals surface area contributed by atoms with Gasteiger partial charge in [0.25, 0.3) is 5.91 Å². The van der Waals surface area contributed by atoms with Crippen LogP contribution < -0.4 is 10.0 Å². The van der Waals surface area contributed by atoms with Gasteiger partial charge in [-0.25, -0.2) is 13.1 Å². The van der Waals surface area contributed by atoms with E-state index in [2.05, 4.69) is 21.9 Å². The van der Waals surface area contributed by atoms with Crippen molar-refractivity contribution in [2.75, 3.05) is 20.1 Å². The van der Waals surface area contributed by atoms with Crippen LogP contribution in [0.1, 0.15) is 30.3 Å². The van der Waals surface area contributed by atoms with Crippen molar-refractivity contribution in [1.82, 2.24) is 14.9 Å². The van der Waals surface area contributed by atoms with E-state index in [1.54, 1.807) is 24.3 Å². The standard InChI is InChI=1S/C20H25N3O4S/c1-13-19(14-8-10-23(13)11-9-14)22-20(24)18-7-6-17(27-18)15-4-3-5-16(12-15)28(25,26)21-2/h3-7,12-14,19,21H,8-11H2,1-2H3,(H,22,24)/t13-,19+/m1/s1. The molecule has 3 aliphatic heterocycles. The predicted molar refractivity (Wildman–Crippen MR) is 105 cm³/mol. The van der Waals surface area contributed by atoms with E-state index in [4.69, 9.17) is 4.42 Å². The van der Waals surface area contributed by atoms with E-state index in [0.29, 0.717) is 23.3 Å². The Balaban J connectivity index is 1.52. The molecule has 0 aliphatic carbocycles. The highest BCUT2D eigenvalue weighted by Gasteiger charge is 2.40. The highest BCUT2D eigenvalue weighted by Crippen LogP contribution is 2.32. The number of hydrogen-bond acceptors (Lipinski definition) is 5. The molecule has 28 heavy (non-hydrogen) atoms. The Labute approximate surface area is 165 Å². The van der Waals surface area contributed by atoms with Crippen LogP contribution in [0.4, 0.5) is 0 Å². The van der Waals surface area contributed by atoms with Gasteiger partial charge in [-0.15, -0.1) is 0 Å². The number of nitrogens with one attached hydrogen (secondary N) is 2. The topological polar surface area (TPSA) is 91.6 Å². The summed E-state index contributed by atoms with van der Waals surface area (Å²) in [4.78, 5) is 15.3. The van der Waals surface area contributed by atoms with E-state index in [1.165, 1.54) is 19.2 Å². The van der Waals surface area contributed by atoms with Gasteiger partial charge in [0.2, 0.25) is 10.0 Å². The van der Waals surface area contributed by atoms with Gasteiger partial charge in [0.05, 0.1) is 4.90 Å². The Kier molecular flexibility index (Phi) is 5.03. The SMILES string of the molecule is CNS(=O)(=O)c1cccc(-c2ccc(C(=O)N[C@@H]3C4CCN(CC4)[C@@H]3C)o2)c1. The summed E-state index contributed by atoms with van der Waals surface area (Å²) in [5.74, 6) is 0.985. The lowest BCUT2D eigenvalue weighted by atomic mass is 9.79. The summed E-state index contributed by atoms with van der Waals surface area (Å²) in [5, 5.41) is 3.15. The molecule has 2 atom stereocenters. The van der Waals surface area contributed by atoms with Crippen LogP contribution in [0.15, 0.2) is 45.7 Å². The summed E-state index contributed by atoms with van der Waals surface area (Å²) >= 11 is 0. The summed E-state index contributed by atoms with van der Waals surface area (Å²) in [6, 6.07) is 10.2. The maximum atomic E-state index is 12.7. The average Bonchev–Trinajstić information content (AvgIpc) is 3.21. The number of carbonyl (C=O) groups excluding carboxylic acids is 1. The van der Waals surface area contributed by atoms with Crippen LogP contribution in [0.3, 0.4) is 0 Å². The van der Waals surface area contributed by atoms with Gasteiger partial charge in [0.15, 0.2) is 5.76 Å². The van der Waals surface area contributed by atoms with Crippen molar-refractivity contribution in [2.45, 2.75) is 36.7 Å². The van der Waals surface area contributed by atoms with Crippen LogP contribution in [-0.2, 0) is 10.0 Å². The highest BCUT2D eigenvalue weighted by molar-refractivity contribution is 7.89. The molecule has 3 saturated heterocycles. The predicted octanol–water partition coefficient (Wildman–Crippen LogP) is 2.07. The van der Waals surface area contributed by atoms with Gasteiger partial charge in [0.1, 0.15) is 5.76 Å². The van der Waals surface area contributed by atoms with Crippen LogP contribution >= 0.6 is 0 Å². The molecule has 0 spiro atoms. The lowest BCUT2D eigenvalue weighted by molar-refractivity contribution is 0.0211. The number of fused-ring (bicyclic) bond motifs is 3. The fourth-order valence-electron chi connectivity index (χ4n) is 4.32. The Morgan fingerprint density at radius 1 is 1.18 bits per heavy atom. The Hall–Kier alpha value is -2.16. The molecule has 1 aromatic heterocycles. The fourth-order valence-corrected chi connectivity index (χ4v) is 5.09. The number of furan rings is 1. The van der Waals surface area contributed by atoms with E-state index in [-0.39, 0.29) is 22.6 Å². The second-order valence-corrected chi connectivity index (χ2v) is 9.40. The maximum Gasteiger partial charge on any atom is 0.287 e. The number of hydrogen-bond donors (Lipinski definition) is 2. The van der Waals surface area contributed by atoms with Crippen LogP contribution in [0.2, 0.25) is 0 Å². The van der Waals surface area contributed by atoms with E-state index in [9.17, 15) is 13.2 Å². The largest absolute Gasteiger partial charge is 0.451 e. The lowest BCUT2D eigenvalue weighted by Gasteiger charge is -2.49. The number of nitrogens with zero attached hydrogens (tertiary/aromatic N) is 1. The molecule has 4 heterocycles. The number of benzene rings is 1. The molecule has 2 bridgehead atoms. The molecule has 1 aromatic carbocycles. The van der Waals surface area contributed by atoms with Gasteiger partial charge in [-0.1, -0.05) is 12.1 Å². The van der Waals surface area contributed by atoms with Crippen LogP contribution in [0.5, 0.6) is 0 Å². The van der Waals surface area contributed by atoms with Gasteiger partial charge in [-0.2, -0.15) is 0 Å². The zero-order valence-corrected chi connectivity index (χ0v) is 16.8. The average molecular weight is 404 g/mol. The third-order valence-electron chi connectivity index (χ3n) is 6.00. The lowest BCUT2D eigenvalue weighted by Crippen LogP contribution is -2.62. The van der Waals surface area contributed by atoms with E-state index in [1.807, 2.05) is 0 Å². The minimum Gasteiger partial charge on any atom is -0.451 e. The van der Waals surface area contributed by atoms with Gasteiger partial charge in [0, 0.05) is 17.6 Å². The molecular formula is C20H25N3O4S. The molecule has 3 fully saturated rings. The molecule has 8 heteroatoms. The zero-order valence-electron chi connectivity index (χ0n) is 16.0. The van der Waals surface area contributed by atoms with E-state index in [0.717, 1.165) is 25.9 Å². The van der Waals surface area contributed by atoms with Crippen molar-refractivity contribution in [3.05, 3.63) is 42.2 Å². The van der Waals surface area contributed by atoms with Crippen molar-refractivity contribution in [3.63, 3.8) is 0 Å². The maximum absolute atomic E-state index is 12.7. The summed E-state index contributed by atoms with van der Waals surface area (Å²) in [6.07, 6.45) is 2.23. The fraction of sp³-hybridized carbons (Fsp3) is 0.450. The number of piperidine rings is 3. The molecule has 0 unspecified atom stereocenters. The monoisotopic (exact) mass is 403 g/mol. The van der Waals surface area contributed by atoms with Gasteiger partial charge < -0.3 is 9.73 Å². The van der Waals surface area contributed by atoms with E-state index < -0.39 is 10.0 Å². The van der Waals surface area contributed by atoms with Gasteiger partial charge in [-0.3, -0.25) is 9.69 Å². The molecule has 0 saturated carbocycles. The Morgan fingerprint density at radius 3 is 2.61 bits per heavy atom. The third kappa shape index (κ3) is 3.47. The zero-order chi connectivity index (χ0) is 19.9. The molecule has 1 amide bonds. The molecule has 2 aromatic rings.